The highest BCUT2D eigenvalue weighted by Crippen LogP contribution is 2.34. The van der Waals surface area contributed by atoms with Crippen LogP contribution in [0.5, 0.6) is 0 Å². The zero-order valence-electron chi connectivity index (χ0n) is 8.24. The Morgan fingerprint density at radius 2 is 1.81 bits per heavy atom. The third-order valence-electron chi connectivity index (χ3n) is 2.63. The molecule has 0 saturated heterocycles. The summed E-state index contributed by atoms with van der Waals surface area (Å²) >= 11 is 12.4. The molecule has 3 aromatic rings. The molecule has 0 spiro atoms. The van der Waals surface area contributed by atoms with Gasteiger partial charge in [0.2, 0.25) is 0 Å². The van der Waals surface area contributed by atoms with Crippen LogP contribution in [0.3, 0.4) is 0 Å². The summed E-state index contributed by atoms with van der Waals surface area (Å²) in [7, 11) is 0. The van der Waals surface area contributed by atoms with Crippen LogP contribution in [-0.4, -0.2) is 4.98 Å². The SMILES string of the molecule is Clc1cccc2c1c(Cl)cc1cccnc12. The average molecular weight is 248 g/mol. The van der Waals surface area contributed by atoms with Gasteiger partial charge in [-0.2, -0.15) is 0 Å². The Bertz CT molecular complexity index is 692. The number of halogens is 2. The summed E-state index contributed by atoms with van der Waals surface area (Å²) < 4.78 is 0. The van der Waals surface area contributed by atoms with Crippen molar-refractivity contribution < 1.29 is 0 Å². The molecule has 2 aromatic carbocycles. The van der Waals surface area contributed by atoms with Crippen LogP contribution in [-0.2, 0) is 0 Å². The fraction of sp³-hybridized carbons (Fsp3) is 0. The van der Waals surface area contributed by atoms with Crippen molar-refractivity contribution >= 4 is 44.9 Å². The minimum absolute atomic E-state index is 0.662. The predicted molar refractivity (Wildman–Crippen MR) is 69.3 cm³/mol. The van der Waals surface area contributed by atoms with Crippen LogP contribution >= 0.6 is 23.2 Å². The molecule has 0 bridgehead atoms. The summed E-state index contributed by atoms with van der Waals surface area (Å²) in [4.78, 5) is 4.37. The Labute approximate surface area is 103 Å². The van der Waals surface area contributed by atoms with Crippen molar-refractivity contribution in [2.75, 3.05) is 0 Å². The van der Waals surface area contributed by atoms with Crippen LogP contribution in [0.4, 0.5) is 0 Å². The van der Waals surface area contributed by atoms with E-state index < -0.39 is 0 Å². The van der Waals surface area contributed by atoms with Gasteiger partial charge in [0.05, 0.1) is 10.5 Å². The third-order valence-corrected chi connectivity index (χ3v) is 3.24. The van der Waals surface area contributed by atoms with E-state index in [1.54, 1.807) is 6.20 Å². The van der Waals surface area contributed by atoms with Crippen LogP contribution in [0.25, 0.3) is 21.7 Å². The molecule has 0 fully saturated rings. The first-order valence-corrected chi connectivity index (χ1v) is 5.64. The van der Waals surface area contributed by atoms with Gasteiger partial charge in [0, 0.05) is 27.4 Å². The Morgan fingerprint density at radius 3 is 2.69 bits per heavy atom. The predicted octanol–water partition coefficient (Wildman–Crippen LogP) is 4.69. The van der Waals surface area contributed by atoms with Crippen molar-refractivity contribution in [3.63, 3.8) is 0 Å². The number of hydrogen-bond acceptors (Lipinski definition) is 1. The maximum Gasteiger partial charge on any atom is 0.0781 e. The minimum Gasteiger partial charge on any atom is -0.256 e. The second-order valence-corrected chi connectivity index (χ2v) is 4.41. The molecule has 0 saturated carbocycles. The Balaban J connectivity index is 2.65. The van der Waals surface area contributed by atoms with Gasteiger partial charge in [-0.3, -0.25) is 4.98 Å². The van der Waals surface area contributed by atoms with Crippen LogP contribution in [0.15, 0.2) is 42.6 Å². The molecule has 1 nitrogen and oxygen atoms in total. The van der Waals surface area contributed by atoms with Gasteiger partial charge in [0.15, 0.2) is 0 Å². The molecule has 0 unspecified atom stereocenters. The van der Waals surface area contributed by atoms with Crippen molar-refractivity contribution in [2.24, 2.45) is 0 Å². The van der Waals surface area contributed by atoms with E-state index in [-0.39, 0.29) is 0 Å². The van der Waals surface area contributed by atoms with E-state index in [4.69, 9.17) is 23.2 Å². The monoisotopic (exact) mass is 247 g/mol. The zero-order valence-corrected chi connectivity index (χ0v) is 9.76. The lowest BCUT2D eigenvalue weighted by atomic mass is 10.1. The number of nitrogens with zero attached hydrogens (tertiary/aromatic N) is 1. The Hall–Kier alpha value is -1.31. The van der Waals surface area contributed by atoms with Gasteiger partial charge >= 0.3 is 0 Å². The fourth-order valence-corrected chi connectivity index (χ4v) is 2.58. The van der Waals surface area contributed by atoms with E-state index in [1.807, 2.05) is 36.4 Å². The highest BCUT2D eigenvalue weighted by molar-refractivity contribution is 6.43. The quantitative estimate of drug-likeness (QED) is 0.525. The highest BCUT2D eigenvalue weighted by atomic mass is 35.5. The highest BCUT2D eigenvalue weighted by Gasteiger charge is 2.08. The molecule has 78 valence electrons. The van der Waals surface area contributed by atoms with E-state index in [0.717, 1.165) is 21.7 Å². The number of pyridine rings is 1. The van der Waals surface area contributed by atoms with Gasteiger partial charge < -0.3 is 0 Å². The van der Waals surface area contributed by atoms with Crippen molar-refractivity contribution in [2.45, 2.75) is 0 Å². The van der Waals surface area contributed by atoms with Crippen molar-refractivity contribution in [3.05, 3.63) is 52.6 Å². The Morgan fingerprint density at radius 1 is 0.938 bits per heavy atom. The molecule has 16 heavy (non-hydrogen) atoms. The van der Waals surface area contributed by atoms with E-state index >= 15 is 0 Å². The summed E-state index contributed by atoms with van der Waals surface area (Å²) in [6, 6.07) is 11.5. The van der Waals surface area contributed by atoms with Crippen LogP contribution in [0.2, 0.25) is 10.0 Å². The number of aromatic nitrogens is 1. The molecule has 0 amide bonds. The smallest absolute Gasteiger partial charge is 0.0781 e. The first kappa shape index (κ1) is 9.88. The van der Waals surface area contributed by atoms with E-state index in [0.29, 0.717) is 10.0 Å². The molecule has 0 aliphatic rings. The molecule has 0 N–H and O–H groups in total. The largest absolute Gasteiger partial charge is 0.256 e. The fourth-order valence-electron chi connectivity index (χ4n) is 1.93. The van der Waals surface area contributed by atoms with Crippen LogP contribution in [0.1, 0.15) is 0 Å². The normalized spacial score (nSPS) is 11.1. The molecule has 1 heterocycles. The second-order valence-electron chi connectivity index (χ2n) is 3.60. The first-order chi connectivity index (χ1) is 7.77. The van der Waals surface area contributed by atoms with Gasteiger partial charge in [-0.15, -0.1) is 0 Å². The van der Waals surface area contributed by atoms with E-state index in [1.165, 1.54) is 0 Å². The lowest BCUT2D eigenvalue weighted by Gasteiger charge is -2.06. The van der Waals surface area contributed by atoms with Crippen molar-refractivity contribution in [1.82, 2.24) is 4.98 Å². The molecular weight excluding hydrogens is 241 g/mol. The van der Waals surface area contributed by atoms with E-state index in [2.05, 4.69) is 4.98 Å². The number of rotatable bonds is 0. The van der Waals surface area contributed by atoms with Crippen molar-refractivity contribution in [1.29, 1.82) is 0 Å². The molecule has 0 atom stereocenters. The van der Waals surface area contributed by atoms with Crippen LogP contribution < -0.4 is 0 Å². The maximum absolute atomic E-state index is 6.23. The minimum atomic E-state index is 0.662. The van der Waals surface area contributed by atoms with Gasteiger partial charge in [-0.05, 0) is 18.2 Å². The second kappa shape index (κ2) is 3.62. The first-order valence-electron chi connectivity index (χ1n) is 4.89. The maximum atomic E-state index is 6.23. The lowest BCUT2D eigenvalue weighted by Crippen LogP contribution is -1.83. The Kier molecular flexibility index (Phi) is 2.23. The summed E-state index contributed by atoms with van der Waals surface area (Å²) in [5.74, 6) is 0. The molecule has 0 aliphatic heterocycles. The van der Waals surface area contributed by atoms with Crippen molar-refractivity contribution in [3.8, 4) is 0 Å². The van der Waals surface area contributed by atoms with Crippen LogP contribution in [0, 0.1) is 0 Å². The van der Waals surface area contributed by atoms with Gasteiger partial charge in [0.1, 0.15) is 0 Å². The summed E-state index contributed by atoms with van der Waals surface area (Å²) in [5.41, 5.74) is 0.935. The van der Waals surface area contributed by atoms with Gasteiger partial charge in [0.25, 0.3) is 0 Å². The molecule has 0 radical (unpaired) electrons. The summed E-state index contributed by atoms with van der Waals surface area (Å²) in [5, 5.41) is 4.23. The lowest BCUT2D eigenvalue weighted by molar-refractivity contribution is 1.43. The molecule has 3 rings (SSSR count). The van der Waals surface area contributed by atoms with E-state index in [9.17, 15) is 0 Å². The molecule has 0 aliphatic carbocycles. The summed E-state index contributed by atoms with van der Waals surface area (Å²) in [6.45, 7) is 0. The molecular formula is C13H7Cl2N. The molecule has 3 heteroatoms. The number of fused-ring (bicyclic) bond motifs is 3. The van der Waals surface area contributed by atoms with Gasteiger partial charge in [-0.25, -0.2) is 0 Å². The summed E-state index contributed by atoms with van der Waals surface area (Å²) in [6.07, 6.45) is 1.77. The molecule has 1 aromatic heterocycles. The van der Waals surface area contributed by atoms with Gasteiger partial charge in [-0.1, -0.05) is 41.4 Å². The third kappa shape index (κ3) is 1.36. The number of benzene rings is 2. The number of hydrogen-bond donors (Lipinski definition) is 0. The zero-order chi connectivity index (χ0) is 11.1. The average Bonchev–Trinajstić information content (AvgIpc) is 2.29. The standard InChI is InChI=1S/C13H7Cl2N/c14-10-5-1-4-9-12(10)11(15)7-8-3-2-6-16-13(8)9/h1-7H. The topological polar surface area (TPSA) is 12.9 Å².